The number of ether oxygens (including phenoxy) is 1. The summed E-state index contributed by atoms with van der Waals surface area (Å²) in [7, 11) is 0. The maximum atomic E-state index is 12.5. The van der Waals surface area contributed by atoms with Gasteiger partial charge in [-0.3, -0.25) is 9.59 Å². The Morgan fingerprint density at radius 3 is 1.00 bits per heavy atom. The van der Waals surface area contributed by atoms with Crippen LogP contribution in [0.4, 0.5) is 0 Å². The van der Waals surface area contributed by atoms with Crippen molar-refractivity contribution < 1.29 is 24.5 Å². The molecule has 0 aliphatic rings. The average molecular weight is 864 g/mol. The summed E-state index contributed by atoms with van der Waals surface area (Å²) < 4.78 is 5.47. The lowest BCUT2D eigenvalue weighted by atomic mass is 10.0. The molecule has 3 N–H and O–H groups in total. The second-order valence-corrected chi connectivity index (χ2v) is 19.3. The molecule has 2 unspecified atom stereocenters. The Morgan fingerprint density at radius 2 is 0.672 bits per heavy atom. The highest BCUT2D eigenvalue weighted by molar-refractivity contribution is 5.76. The molecule has 6 heteroatoms. The molecule has 0 bridgehead atoms. The summed E-state index contributed by atoms with van der Waals surface area (Å²) in [5.41, 5.74) is 0. The van der Waals surface area contributed by atoms with Crippen LogP contribution in [0.1, 0.15) is 316 Å². The Kier molecular flexibility index (Phi) is 50.5. The van der Waals surface area contributed by atoms with Gasteiger partial charge < -0.3 is 20.3 Å². The third-order valence-electron chi connectivity index (χ3n) is 13.2. The Hall–Kier alpha value is -1.14. The van der Waals surface area contributed by atoms with Crippen LogP contribution in [-0.4, -0.2) is 47.4 Å². The molecule has 0 saturated heterocycles. The van der Waals surface area contributed by atoms with E-state index in [0.717, 1.165) is 51.4 Å². The molecule has 0 saturated carbocycles. The summed E-state index contributed by atoms with van der Waals surface area (Å²) in [5, 5.41) is 23.2. The number of amides is 1. The van der Waals surface area contributed by atoms with Crippen LogP contribution in [0.25, 0.3) is 0 Å². The molecule has 0 aliphatic heterocycles. The van der Waals surface area contributed by atoms with E-state index in [1.54, 1.807) is 0 Å². The zero-order chi connectivity index (χ0) is 44.4. The van der Waals surface area contributed by atoms with Crippen molar-refractivity contribution in [1.82, 2.24) is 5.32 Å². The van der Waals surface area contributed by atoms with Crippen LogP contribution in [0.2, 0.25) is 0 Å². The quantitative estimate of drug-likeness (QED) is 0.0418. The SMILES string of the molecule is CCCCCCCCCCCCCCCCCC(=O)OCCCCCCCCCCCCCCCCC(=O)NC(CO)C(O)CCCCCCCCCCCCCCCCC. The minimum atomic E-state index is -0.669. The van der Waals surface area contributed by atoms with Crippen molar-refractivity contribution in [2.24, 2.45) is 0 Å². The first-order chi connectivity index (χ1) is 30.0. The Labute approximate surface area is 381 Å². The molecule has 2 atom stereocenters. The molecule has 0 spiro atoms. The van der Waals surface area contributed by atoms with Gasteiger partial charge in [0.25, 0.3) is 0 Å². The molecule has 0 aliphatic carbocycles. The number of aliphatic hydroxyl groups excluding tert-OH is 2. The van der Waals surface area contributed by atoms with Crippen molar-refractivity contribution in [3.63, 3.8) is 0 Å². The molecule has 61 heavy (non-hydrogen) atoms. The lowest BCUT2D eigenvalue weighted by Gasteiger charge is -2.22. The van der Waals surface area contributed by atoms with Gasteiger partial charge in [0, 0.05) is 12.8 Å². The molecular formula is C55H109NO5. The van der Waals surface area contributed by atoms with Crippen LogP contribution >= 0.6 is 0 Å². The summed E-state index contributed by atoms with van der Waals surface area (Å²) in [6, 6.07) is -0.547. The molecule has 1 amide bonds. The van der Waals surface area contributed by atoms with Crippen molar-refractivity contribution in [2.45, 2.75) is 328 Å². The molecule has 364 valence electrons. The van der Waals surface area contributed by atoms with Crippen molar-refractivity contribution in [2.75, 3.05) is 13.2 Å². The van der Waals surface area contributed by atoms with Gasteiger partial charge in [-0.15, -0.1) is 0 Å². The fourth-order valence-corrected chi connectivity index (χ4v) is 8.88. The van der Waals surface area contributed by atoms with Crippen LogP contribution in [0.3, 0.4) is 0 Å². The lowest BCUT2D eigenvalue weighted by molar-refractivity contribution is -0.143. The average Bonchev–Trinajstić information content (AvgIpc) is 3.26. The molecule has 0 fully saturated rings. The highest BCUT2D eigenvalue weighted by Gasteiger charge is 2.20. The van der Waals surface area contributed by atoms with E-state index in [4.69, 9.17) is 4.74 Å². The third kappa shape index (κ3) is 48.2. The van der Waals surface area contributed by atoms with E-state index in [1.165, 1.54) is 231 Å². The van der Waals surface area contributed by atoms with E-state index < -0.39 is 12.1 Å². The Morgan fingerprint density at radius 1 is 0.393 bits per heavy atom. The van der Waals surface area contributed by atoms with Crippen LogP contribution in [0.15, 0.2) is 0 Å². The van der Waals surface area contributed by atoms with Crippen molar-refractivity contribution in [3.8, 4) is 0 Å². The number of unbranched alkanes of at least 4 members (excludes halogenated alkanes) is 41. The molecule has 0 aromatic carbocycles. The number of aliphatic hydroxyl groups is 2. The summed E-state index contributed by atoms with van der Waals surface area (Å²) in [6.07, 6.45) is 57.9. The number of esters is 1. The number of nitrogens with one attached hydrogen (secondary N) is 1. The standard InChI is InChI=1S/C55H109NO5/c1-3-5-7-9-11-13-15-17-19-23-27-31-35-39-43-47-53(58)52(51-57)56-54(59)48-44-40-36-32-28-24-21-22-26-30-34-38-42-46-50-61-55(60)49-45-41-37-33-29-25-20-18-16-14-12-10-8-6-4-2/h52-53,57-58H,3-51H2,1-2H3,(H,56,59). The summed E-state index contributed by atoms with van der Waals surface area (Å²) >= 11 is 0. The molecule has 6 nitrogen and oxygen atoms in total. The minimum Gasteiger partial charge on any atom is -0.466 e. The van der Waals surface area contributed by atoms with Crippen molar-refractivity contribution >= 4 is 11.9 Å². The maximum Gasteiger partial charge on any atom is 0.305 e. The van der Waals surface area contributed by atoms with Gasteiger partial charge in [0.15, 0.2) is 0 Å². The first-order valence-corrected chi connectivity index (χ1v) is 27.8. The Bertz CT molecular complexity index is 867. The van der Waals surface area contributed by atoms with Gasteiger partial charge in [-0.25, -0.2) is 0 Å². The number of hydrogen-bond donors (Lipinski definition) is 3. The summed E-state index contributed by atoms with van der Waals surface area (Å²) in [5.74, 6) is -0.0412. The molecule has 0 heterocycles. The van der Waals surface area contributed by atoms with Gasteiger partial charge in [-0.2, -0.15) is 0 Å². The van der Waals surface area contributed by atoms with Crippen molar-refractivity contribution in [1.29, 1.82) is 0 Å². The maximum absolute atomic E-state index is 12.5. The van der Waals surface area contributed by atoms with Gasteiger partial charge in [-0.05, 0) is 25.7 Å². The third-order valence-corrected chi connectivity index (χ3v) is 13.2. The highest BCUT2D eigenvalue weighted by Crippen LogP contribution is 2.18. The molecule has 0 aromatic heterocycles. The van der Waals surface area contributed by atoms with Crippen LogP contribution in [0.5, 0.6) is 0 Å². The number of carbonyl (C=O) groups is 2. The normalized spacial score (nSPS) is 12.5. The van der Waals surface area contributed by atoms with Gasteiger partial charge in [0.1, 0.15) is 0 Å². The first-order valence-electron chi connectivity index (χ1n) is 27.8. The van der Waals surface area contributed by atoms with Gasteiger partial charge in [0.05, 0.1) is 25.4 Å². The van der Waals surface area contributed by atoms with Crippen LogP contribution in [0, 0.1) is 0 Å². The molecule has 0 rings (SSSR count). The minimum absolute atomic E-state index is 0.00160. The van der Waals surface area contributed by atoms with E-state index in [0.29, 0.717) is 25.9 Å². The monoisotopic (exact) mass is 864 g/mol. The molecule has 0 aromatic rings. The Balaban J connectivity index is 3.41. The van der Waals surface area contributed by atoms with E-state index in [2.05, 4.69) is 19.2 Å². The topological polar surface area (TPSA) is 95.9 Å². The summed E-state index contributed by atoms with van der Waals surface area (Å²) in [4.78, 5) is 24.5. The second kappa shape index (κ2) is 51.5. The van der Waals surface area contributed by atoms with Crippen molar-refractivity contribution in [3.05, 3.63) is 0 Å². The second-order valence-electron chi connectivity index (χ2n) is 19.3. The highest BCUT2D eigenvalue weighted by atomic mass is 16.5. The van der Waals surface area contributed by atoms with E-state index in [-0.39, 0.29) is 18.5 Å². The predicted molar refractivity (Wildman–Crippen MR) is 264 cm³/mol. The van der Waals surface area contributed by atoms with Crippen LogP contribution in [-0.2, 0) is 14.3 Å². The number of rotatable bonds is 52. The zero-order valence-corrected chi connectivity index (χ0v) is 41.4. The lowest BCUT2D eigenvalue weighted by Crippen LogP contribution is -2.45. The smallest absolute Gasteiger partial charge is 0.305 e. The van der Waals surface area contributed by atoms with E-state index >= 15 is 0 Å². The van der Waals surface area contributed by atoms with Gasteiger partial charge >= 0.3 is 5.97 Å². The number of hydrogen-bond acceptors (Lipinski definition) is 5. The largest absolute Gasteiger partial charge is 0.466 e. The predicted octanol–water partition coefficient (Wildman–Crippen LogP) is 16.7. The molecule has 0 radical (unpaired) electrons. The van der Waals surface area contributed by atoms with Gasteiger partial charge in [-0.1, -0.05) is 277 Å². The number of carbonyl (C=O) groups excluding carboxylic acids is 2. The zero-order valence-electron chi connectivity index (χ0n) is 41.4. The molecular weight excluding hydrogens is 755 g/mol. The van der Waals surface area contributed by atoms with E-state index in [1.807, 2.05) is 0 Å². The van der Waals surface area contributed by atoms with Crippen LogP contribution < -0.4 is 5.32 Å². The summed E-state index contributed by atoms with van der Waals surface area (Å²) in [6.45, 7) is 4.95. The van der Waals surface area contributed by atoms with E-state index in [9.17, 15) is 19.8 Å². The fourth-order valence-electron chi connectivity index (χ4n) is 8.88. The van der Waals surface area contributed by atoms with Gasteiger partial charge in [0.2, 0.25) is 5.91 Å². The fraction of sp³-hybridized carbons (Fsp3) is 0.964. The first kappa shape index (κ1) is 59.9.